The summed E-state index contributed by atoms with van der Waals surface area (Å²) < 4.78 is 27.2. The van der Waals surface area contributed by atoms with E-state index in [1.54, 1.807) is 42.2 Å². The number of sulfonamides is 1. The minimum atomic E-state index is -3.59. The molecule has 1 amide bonds. The van der Waals surface area contributed by atoms with E-state index in [0.717, 1.165) is 11.1 Å². The number of aryl methyl sites for hydroxylation is 2. The number of phenols is 1. The van der Waals surface area contributed by atoms with Crippen LogP contribution >= 0.6 is 0 Å². The summed E-state index contributed by atoms with van der Waals surface area (Å²) in [6, 6.07) is 11.7. The molecule has 0 aromatic heterocycles. The van der Waals surface area contributed by atoms with Gasteiger partial charge in [-0.2, -0.15) is 4.31 Å². The smallest absolute Gasteiger partial charge is 0.257 e. The van der Waals surface area contributed by atoms with E-state index in [2.05, 4.69) is 0 Å². The maximum atomic E-state index is 12.9. The highest BCUT2D eigenvalue weighted by Gasteiger charge is 2.31. The van der Waals surface area contributed by atoms with Crippen molar-refractivity contribution in [2.45, 2.75) is 18.7 Å². The van der Waals surface area contributed by atoms with Gasteiger partial charge < -0.3 is 10.0 Å². The molecule has 0 saturated carbocycles. The van der Waals surface area contributed by atoms with E-state index in [0.29, 0.717) is 4.90 Å². The lowest BCUT2D eigenvalue weighted by atomic mass is 10.1. The van der Waals surface area contributed by atoms with Gasteiger partial charge in [-0.05, 0) is 37.6 Å². The molecular formula is C19H22N2O4S. The van der Waals surface area contributed by atoms with Crippen LogP contribution < -0.4 is 0 Å². The lowest BCUT2D eigenvalue weighted by Gasteiger charge is -2.34. The van der Waals surface area contributed by atoms with E-state index in [1.165, 1.54) is 10.4 Å². The van der Waals surface area contributed by atoms with Gasteiger partial charge in [0.1, 0.15) is 5.75 Å². The molecule has 1 N–H and O–H groups in total. The van der Waals surface area contributed by atoms with Crippen molar-refractivity contribution in [3.05, 3.63) is 59.2 Å². The summed E-state index contributed by atoms with van der Waals surface area (Å²) in [5, 5.41) is 9.84. The summed E-state index contributed by atoms with van der Waals surface area (Å²) in [7, 11) is -3.59. The Kier molecular flexibility index (Phi) is 5.02. The summed E-state index contributed by atoms with van der Waals surface area (Å²) in [5.41, 5.74) is 1.97. The fraction of sp³-hybridized carbons (Fsp3) is 0.316. The van der Waals surface area contributed by atoms with Gasteiger partial charge in [-0.3, -0.25) is 4.79 Å². The zero-order chi connectivity index (χ0) is 18.9. The van der Waals surface area contributed by atoms with Crippen LogP contribution in [-0.4, -0.2) is 54.8 Å². The van der Waals surface area contributed by atoms with Crippen LogP contribution in [0, 0.1) is 13.8 Å². The first-order chi connectivity index (χ1) is 12.3. The molecule has 0 radical (unpaired) electrons. The van der Waals surface area contributed by atoms with Gasteiger partial charge in [-0.15, -0.1) is 0 Å². The first-order valence-corrected chi connectivity index (χ1v) is 9.89. The molecule has 0 atom stereocenters. The van der Waals surface area contributed by atoms with Crippen LogP contribution in [0.1, 0.15) is 21.5 Å². The number of hydrogen-bond acceptors (Lipinski definition) is 4. The van der Waals surface area contributed by atoms with Crippen molar-refractivity contribution < 1.29 is 18.3 Å². The fourth-order valence-electron chi connectivity index (χ4n) is 3.18. The number of phenolic OH excluding ortho intramolecular Hbond substituents is 1. The number of amides is 1. The molecule has 0 unspecified atom stereocenters. The molecular weight excluding hydrogens is 352 g/mol. The summed E-state index contributed by atoms with van der Waals surface area (Å²) in [6.07, 6.45) is 0. The molecule has 2 aromatic carbocycles. The zero-order valence-electron chi connectivity index (χ0n) is 14.8. The molecule has 2 aromatic rings. The van der Waals surface area contributed by atoms with Crippen LogP contribution in [0.15, 0.2) is 47.4 Å². The van der Waals surface area contributed by atoms with E-state index in [1.807, 2.05) is 13.0 Å². The number of hydrogen-bond donors (Lipinski definition) is 1. The largest absolute Gasteiger partial charge is 0.507 e. The Morgan fingerprint density at radius 3 is 2.27 bits per heavy atom. The lowest BCUT2D eigenvalue weighted by Crippen LogP contribution is -2.50. The predicted molar refractivity (Wildman–Crippen MR) is 98.7 cm³/mol. The number of carbonyl (C=O) groups excluding carboxylic acids is 1. The Morgan fingerprint density at radius 1 is 1.00 bits per heavy atom. The number of rotatable bonds is 3. The average molecular weight is 374 g/mol. The number of aromatic hydroxyl groups is 1. The lowest BCUT2D eigenvalue weighted by molar-refractivity contribution is 0.0695. The Balaban J connectivity index is 1.74. The number of piperazine rings is 1. The molecule has 6 nitrogen and oxygen atoms in total. The van der Waals surface area contributed by atoms with Crippen molar-refractivity contribution in [2.75, 3.05) is 26.2 Å². The third kappa shape index (κ3) is 3.45. The first-order valence-electron chi connectivity index (χ1n) is 8.45. The molecule has 0 spiro atoms. The van der Waals surface area contributed by atoms with Gasteiger partial charge in [-0.1, -0.05) is 29.8 Å². The van der Waals surface area contributed by atoms with E-state index < -0.39 is 10.0 Å². The highest BCUT2D eigenvalue weighted by molar-refractivity contribution is 7.89. The summed E-state index contributed by atoms with van der Waals surface area (Å²) >= 11 is 0. The van der Waals surface area contributed by atoms with Crippen molar-refractivity contribution in [2.24, 2.45) is 0 Å². The molecule has 1 saturated heterocycles. The van der Waals surface area contributed by atoms with Gasteiger partial charge in [-0.25, -0.2) is 8.42 Å². The van der Waals surface area contributed by atoms with E-state index >= 15 is 0 Å². The first kappa shape index (κ1) is 18.4. The number of carbonyl (C=O) groups is 1. The van der Waals surface area contributed by atoms with E-state index in [9.17, 15) is 18.3 Å². The topological polar surface area (TPSA) is 77.9 Å². The standard InChI is InChI=1S/C19H22N2O4S/c1-14-7-8-18(15(2)13-14)26(24,25)21-11-9-20(10-12-21)19(23)16-5-3-4-6-17(16)22/h3-8,13,22H,9-12H2,1-2H3. The van der Waals surface area contributed by atoms with Crippen LogP contribution in [0.2, 0.25) is 0 Å². The van der Waals surface area contributed by atoms with Crippen molar-refractivity contribution in [1.29, 1.82) is 0 Å². The fourth-order valence-corrected chi connectivity index (χ4v) is 4.81. The maximum absolute atomic E-state index is 12.9. The second-order valence-corrected chi connectivity index (χ2v) is 8.39. The second kappa shape index (κ2) is 7.09. The van der Waals surface area contributed by atoms with Gasteiger partial charge in [0, 0.05) is 26.2 Å². The molecule has 1 aliphatic heterocycles. The molecule has 1 fully saturated rings. The number of nitrogens with zero attached hydrogens (tertiary/aromatic N) is 2. The minimum Gasteiger partial charge on any atom is -0.507 e. The number of benzene rings is 2. The molecule has 1 aliphatic rings. The predicted octanol–water partition coefficient (Wildman–Crippen LogP) is 2.16. The van der Waals surface area contributed by atoms with Crippen molar-refractivity contribution >= 4 is 15.9 Å². The van der Waals surface area contributed by atoms with Gasteiger partial charge in [0.05, 0.1) is 10.5 Å². The quantitative estimate of drug-likeness (QED) is 0.893. The normalized spacial score (nSPS) is 15.8. The van der Waals surface area contributed by atoms with Gasteiger partial charge in [0.2, 0.25) is 10.0 Å². The third-order valence-electron chi connectivity index (χ3n) is 4.61. The SMILES string of the molecule is Cc1ccc(S(=O)(=O)N2CCN(C(=O)c3ccccc3O)CC2)c(C)c1. The van der Waals surface area contributed by atoms with Crippen molar-refractivity contribution in [3.8, 4) is 5.75 Å². The van der Waals surface area contributed by atoms with Gasteiger partial charge in [0.25, 0.3) is 5.91 Å². The summed E-state index contributed by atoms with van der Waals surface area (Å²) in [6.45, 7) is 4.75. The minimum absolute atomic E-state index is 0.0668. The molecule has 1 heterocycles. The number of para-hydroxylation sites is 1. The Labute approximate surface area is 153 Å². The summed E-state index contributed by atoms with van der Waals surface area (Å²) in [4.78, 5) is 14.4. The molecule has 0 aliphatic carbocycles. The van der Waals surface area contributed by atoms with Crippen LogP contribution in [0.3, 0.4) is 0 Å². The van der Waals surface area contributed by atoms with Gasteiger partial charge >= 0.3 is 0 Å². The van der Waals surface area contributed by atoms with Crippen LogP contribution in [0.4, 0.5) is 0 Å². The monoisotopic (exact) mass is 374 g/mol. The van der Waals surface area contributed by atoms with Crippen LogP contribution in [0.5, 0.6) is 5.75 Å². The molecule has 3 rings (SSSR count). The highest BCUT2D eigenvalue weighted by Crippen LogP contribution is 2.23. The van der Waals surface area contributed by atoms with Crippen molar-refractivity contribution in [1.82, 2.24) is 9.21 Å². The highest BCUT2D eigenvalue weighted by atomic mass is 32.2. The summed E-state index contributed by atoms with van der Waals surface area (Å²) in [5.74, 6) is -0.352. The third-order valence-corrected chi connectivity index (χ3v) is 6.67. The van der Waals surface area contributed by atoms with Crippen molar-refractivity contribution in [3.63, 3.8) is 0 Å². The Hall–Kier alpha value is -2.38. The average Bonchev–Trinajstić information content (AvgIpc) is 2.61. The second-order valence-electron chi connectivity index (χ2n) is 6.48. The molecule has 138 valence electrons. The Morgan fingerprint density at radius 2 is 1.65 bits per heavy atom. The maximum Gasteiger partial charge on any atom is 0.257 e. The molecule has 0 bridgehead atoms. The molecule has 26 heavy (non-hydrogen) atoms. The van der Waals surface area contributed by atoms with Crippen LogP contribution in [0.25, 0.3) is 0 Å². The Bertz CT molecular complexity index is 932. The molecule has 7 heteroatoms. The van der Waals surface area contributed by atoms with E-state index in [-0.39, 0.29) is 43.4 Å². The zero-order valence-corrected chi connectivity index (χ0v) is 15.7. The van der Waals surface area contributed by atoms with Crippen LogP contribution in [-0.2, 0) is 10.0 Å². The van der Waals surface area contributed by atoms with E-state index in [4.69, 9.17) is 0 Å². The van der Waals surface area contributed by atoms with Gasteiger partial charge in [0.15, 0.2) is 0 Å².